The van der Waals surface area contributed by atoms with E-state index in [1.807, 2.05) is 0 Å². The number of carboxylic acids is 1. The normalized spacial score (nSPS) is 11.2. The van der Waals surface area contributed by atoms with E-state index < -0.39 is 23.0 Å². The molecule has 0 aliphatic carbocycles. The molecular weight excluding hydrogens is 280 g/mol. The number of carbonyl (C=O) groups excluding carboxylic acids is 1. The third-order valence-corrected chi connectivity index (χ3v) is 2.53. The summed E-state index contributed by atoms with van der Waals surface area (Å²) in [5, 5.41) is 22.1. The summed E-state index contributed by atoms with van der Waals surface area (Å²) in [7, 11) is 0. The number of nitrogens with one attached hydrogen (secondary N) is 1. The van der Waals surface area contributed by atoms with E-state index in [0.717, 1.165) is 0 Å². The highest BCUT2D eigenvalue weighted by Gasteiger charge is 2.24. The number of rotatable bonds is 7. The highest BCUT2D eigenvalue weighted by molar-refractivity contribution is 5.80. The van der Waals surface area contributed by atoms with E-state index in [9.17, 15) is 19.7 Å². The number of nitrogens with zero attached hydrogens (tertiary/aromatic N) is 1. The maximum absolute atomic E-state index is 11.3. The molecule has 8 heteroatoms. The summed E-state index contributed by atoms with van der Waals surface area (Å²) >= 11 is 0. The van der Waals surface area contributed by atoms with Crippen LogP contribution in [0.15, 0.2) is 36.9 Å². The van der Waals surface area contributed by atoms with Gasteiger partial charge in [-0.1, -0.05) is 30.9 Å². The Bertz CT molecular complexity index is 557. The number of hydrogen-bond acceptors (Lipinski definition) is 5. The summed E-state index contributed by atoms with van der Waals surface area (Å²) in [6.45, 7) is 3.28. The average molecular weight is 294 g/mol. The van der Waals surface area contributed by atoms with E-state index in [0.29, 0.717) is 0 Å². The second-order valence-corrected chi connectivity index (χ2v) is 4.01. The zero-order valence-electron chi connectivity index (χ0n) is 11.0. The molecule has 0 heterocycles. The summed E-state index contributed by atoms with van der Waals surface area (Å²) in [4.78, 5) is 32.7. The minimum absolute atomic E-state index is 0.0658. The molecule has 0 saturated heterocycles. The molecule has 0 fully saturated rings. The molecule has 0 aromatic heterocycles. The Morgan fingerprint density at radius 2 is 2.14 bits per heavy atom. The lowest BCUT2D eigenvalue weighted by Crippen LogP contribution is -2.42. The van der Waals surface area contributed by atoms with Crippen LogP contribution in [-0.4, -0.2) is 34.7 Å². The number of nitro benzene ring substituents is 1. The van der Waals surface area contributed by atoms with Crippen molar-refractivity contribution < 1.29 is 24.4 Å². The third kappa shape index (κ3) is 4.94. The first kappa shape index (κ1) is 16.2. The molecule has 21 heavy (non-hydrogen) atoms. The molecule has 1 aromatic carbocycles. The summed E-state index contributed by atoms with van der Waals surface area (Å²) in [5.74, 6) is -1.32. The first-order chi connectivity index (χ1) is 9.95. The zero-order valence-corrected chi connectivity index (χ0v) is 11.0. The zero-order chi connectivity index (χ0) is 15.8. The number of hydrogen-bond donors (Lipinski definition) is 2. The summed E-state index contributed by atoms with van der Waals surface area (Å²) in [6.07, 6.45) is 0.174. The van der Waals surface area contributed by atoms with Crippen LogP contribution in [0.3, 0.4) is 0 Å². The second kappa shape index (κ2) is 7.63. The van der Waals surface area contributed by atoms with Crippen LogP contribution in [0.25, 0.3) is 0 Å². The molecule has 1 aromatic rings. The highest BCUT2D eigenvalue weighted by atomic mass is 16.6. The lowest BCUT2D eigenvalue weighted by atomic mass is 10.0. The molecule has 0 bridgehead atoms. The number of alkyl carbamates (subject to hydrolysis) is 1. The highest BCUT2D eigenvalue weighted by Crippen LogP contribution is 2.19. The fraction of sp³-hybridized carbons (Fsp3) is 0.231. The van der Waals surface area contributed by atoms with Crippen molar-refractivity contribution in [2.75, 3.05) is 6.61 Å². The first-order valence-corrected chi connectivity index (χ1v) is 5.95. The second-order valence-electron chi connectivity index (χ2n) is 4.01. The Morgan fingerprint density at radius 3 is 2.71 bits per heavy atom. The Kier molecular flexibility index (Phi) is 5.87. The van der Waals surface area contributed by atoms with Crippen molar-refractivity contribution in [2.24, 2.45) is 0 Å². The fourth-order valence-electron chi connectivity index (χ4n) is 1.60. The van der Waals surface area contributed by atoms with Gasteiger partial charge in [0.15, 0.2) is 0 Å². The third-order valence-electron chi connectivity index (χ3n) is 2.53. The quantitative estimate of drug-likeness (QED) is 0.447. The van der Waals surface area contributed by atoms with E-state index in [-0.39, 0.29) is 24.3 Å². The molecule has 2 N–H and O–H groups in total. The molecule has 112 valence electrons. The molecule has 0 aliphatic rings. The van der Waals surface area contributed by atoms with Gasteiger partial charge < -0.3 is 15.2 Å². The largest absolute Gasteiger partial charge is 0.480 e. The van der Waals surface area contributed by atoms with Crippen LogP contribution in [0.2, 0.25) is 0 Å². The Balaban J connectivity index is 2.84. The number of amides is 1. The molecule has 0 saturated carbocycles. The van der Waals surface area contributed by atoms with Crippen LogP contribution in [0.1, 0.15) is 5.56 Å². The van der Waals surface area contributed by atoms with E-state index in [2.05, 4.69) is 16.6 Å². The van der Waals surface area contributed by atoms with Crippen molar-refractivity contribution >= 4 is 17.7 Å². The molecule has 1 amide bonds. The molecule has 1 atom stereocenters. The van der Waals surface area contributed by atoms with Crippen molar-refractivity contribution in [2.45, 2.75) is 12.5 Å². The molecular formula is C13H14N2O6. The number of carboxylic acid groups (broad SMARTS) is 1. The summed E-state index contributed by atoms with van der Waals surface area (Å²) in [5.41, 5.74) is 0.00364. The predicted molar refractivity (Wildman–Crippen MR) is 72.9 cm³/mol. The number of benzene rings is 1. The number of para-hydroxylation sites is 1. The van der Waals surface area contributed by atoms with Crippen molar-refractivity contribution in [1.82, 2.24) is 5.32 Å². The van der Waals surface area contributed by atoms with Crippen LogP contribution in [-0.2, 0) is 16.0 Å². The van der Waals surface area contributed by atoms with Crippen molar-refractivity contribution in [3.63, 3.8) is 0 Å². The van der Waals surface area contributed by atoms with Crippen LogP contribution in [0, 0.1) is 10.1 Å². The lowest BCUT2D eigenvalue weighted by molar-refractivity contribution is -0.385. The van der Waals surface area contributed by atoms with Crippen LogP contribution >= 0.6 is 0 Å². The van der Waals surface area contributed by atoms with Crippen molar-refractivity contribution in [3.05, 3.63) is 52.6 Å². The van der Waals surface area contributed by atoms with Gasteiger partial charge in [-0.2, -0.15) is 0 Å². The van der Waals surface area contributed by atoms with E-state index >= 15 is 0 Å². The number of ether oxygens (including phenoxy) is 1. The number of nitro groups is 1. The van der Waals surface area contributed by atoms with Gasteiger partial charge in [-0.15, -0.1) is 0 Å². The SMILES string of the molecule is C=CCOC(=O)N[C@@H](Cc1ccccc1[N+](=O)[O-])C(=O)O. The predicted octanol–water partition coefficient (Wildman–Crippen LogP) is 1.50. The van der Waals surface area contributed by atoms with Gasteiger partial charge in [0, 0.05) is 18.1 Å². The Morgan fingerprint density at radius 1 is 1.48 bits per heavy atom. The minimum atomic E-state index is -1.33. The van der Waals surface area contributed by atoms with Crippen molar-refractivity contribution in [3.8, 4) is 0 Å². The van der Waals surface area contributed by atoms with Gasteiger partial charge in [0.05, 0.1) is 4.92 Å². The van der Waals surface area contributed by atoms with Gasteiger partial charge in [0.25, 0.3) is 5.69 Å². The van der Waals surface area contributed by atoms with Gasteiger partial charge in [0.2, 0.25) is 0 Å². The fourth-order valence-corrected chi connectivity index (χ4v) is 1.60. The van der Waals surface area contributed by atoms with Crippen molar-refractivity contribution in [1.29, 1.82) is 0 Å². The van der Waals surface area contributed by atoms with Gasteiger partial charge in [-0.3, -0.25) is 10.1 Å². The molecule has 0 aliphatic heterocycles. The monoisotopic (exact) mass is 294 g/mol. The van der Waals surface area contributed by atoms with Gasteiger partial charge in [-0.05, 0) is 0 Å². The smallest absolute Gasteiger partial charge is 0.408 e. The molecule has 1 rings (SSSR count). The molecule has 8 nitrogen and oxygen atoms in total. The Hall–Kier alpha value is -2.90. The van der Waals surface area contributed by atoms with E-state index in [1.165, 1.54) is 24.3 Å². The van der Waals surface area contributed by atoms with E-state index in [1.54, 1.807) is 6.07 Å². The molecule has 0 spiro atoms. The van der Waals surface area contributed by atoms with Crippen LogP contribution in [0.4, 0.5) is 10.5 Å². The standard InChI is InChI=1S/C13H14N2O6/c1-2-7-21-13(18)14-10(12(16)17)8-9-5-3-4-6-11(9)15(19)20/h2-6,10H,1,7-8H2,(H,14,18)(H,16,17)/t10-/m0/s1. The van der Waals surface area contributed by atoms with Crippen LogP contribution in [0.5, 0.6) is 0 Å². The summed E-state index contributed by atoms with van der Waals surface area (Å²) < 4.78 is 4.62. The topological polar surface area (TPSA) is 119 Å². The van der Waals surface area contributed by atoms with Crippen LogP contribution < -0.4 is 5.32 Å². The van der Waals surface area contributed by atoms with Gasteiger partial charge >= 0.3 is 12.1 Å². The maximum atomic E-state index is 11.3. The van der Waals surface area contributed by atoms with Gasteiger partial charge in [0.1, 0.15) is 12.6 Å². The molecule has 0 radical (unpaired) electrons. The molecule has 0 unspecified atom stereocenters. The number of carbonyl (C=O) groups is 2. The van der Waals surface area contributed by atoms with E-state index in [4.69, 9.17) is 5.11 Å². The maximum Gasteiger partial charge on any atom is 0.408 e. The summed E-state index contributed by atoms with van der Waals surface area (Å²) in [6, 6.07) is 4.40. The minimum Gasteiger partial charge on any atom is -0.480 e. The Labute approximate surface area is 120 Å². The number of aliphatic carboxylic acids is 1. The van der Waals surface area contributed by atoms with Gasteiger partial charge in [-0.25, -0.2) is 9.59 Å². The first-order valence-electron chi connectivity index (χ1n) is 5.95. The average Bonchev–Trinajstić information content (AvgIpc) is 2.44. The lowest BCUT2D eigenvalue weighted by Gasteiger charge is -2.14.